The van der Waals surface area contributed by atoms with Crippen LogP contribution in [0.4, 0.5) is 0 Å². The summed E-state index contributed by atoms with van der Waals surface area (Å²) in [6.07, 6.45) is 2.95. The summed E-state index contributed by atoms with van der Waals surface area (Å²) >= 11 is 0. The molecule has 1 aromatic heterocycles. The van der Waals surface area contributed by atoms with Crippen LogP contribution in [0.2, 0.25) is 0 Å². The van der Waals surface area contributed by atoms with Crippen LogP contribution in [0.25, 0.3) is 0 Å². The predicted octanol–water partition coefficient (Wildman–Crippen LogP) is -0.722. The van der Waals surface area contributed by atoms with Gasteiger partial charge in [0.05, 0.1) is 12.7 Å². The van der Waals surface area contributed by atoms with Crippen LogP contribution in [0.15, 0.2) is 6.33 Å². The van der Waals surface area contributed by atoms with Crippen molar-refractivity contribution in [3.05, 3.63) is 12.2 Å². The summed E-state index contributed by atoms with van der Waals surface area (Å²) in [6, 6.07) is 0. The maximum Gasteiger partial charge on any atom is 0.133 e. The zero-order valence-electron chi connectivity index (χ0n) is 10.6. The molecular weight excluding hydrogens is 218 g/mol. The van der Waals surface area contributed by atoms with Gasteiger partial charge in [0.25, 0.3) is 0 Å². The van der Waals surface area contributed by atoms with E-state index < -0.39 is 0 Å². The molecule has 0 radical (unpaired) electrons. The Hall–Kier alpha value is -0.980. The van der Waals surface area contributed by atoms with Gasteiger partial charge >= 0.3 is 0 Å². The Kier molecular flexibility index (Phi) is 4.47. The van der Waals surface area contributed by atoms with Gasteiger partial charge in [-0.05, 0) is 7.05 Å². The molecule has 0 spiro atoms. The fourth-order valence-electron chi connectivity index (χ4n) is 1.99. The molecule has 1 aliphatic heterocycles. The van der Waals surface area contributed by atoms with Gasteiger partial charge in [-0.3, -0.25) is 0 Å². The molecule has 1 aromatic rings. The van der Waals surface area contributed by atoms with Gasteiger partial charge in [-0.2, -0.15) is 0 Å². The summed E-state index contributed by atoms with van der Waals surface area (Å²) in [5.74, 6) is 1.01. The SMILES string of the molecule is CN1CCOC(CNCCc2nncn2C)C1. The third-order valence-electron chi connectivity index (χ3n) is 3.04. The van der Waals surface area contributed by atoms with E-state index in [1.807, 2.05) is 11.6 Å². The number of aromatic nitrogens is 3. The van der Waals surface area contributed by atoms with E-state index in [2.05, 4.69) is 27.5 Å². The fourth-order valence-corrected chi connectivity index (χ4v) is 1.99. The van der Waals surface area contributed by atoms with Crippen molar-refractivity contribution in [1.82, 2.24) is 25.0 Å². The Morgan fingerprint density at radius 2 is 2.41 bits per heavy atom. The lowest BCUT2D eigenvalue weighted by atomic mass is 10.3. The van der Waals surface area contributed by atoms with Crippen molar-refractivity contribution >= 4 is 0 Å². The summed E-state index contributed by atoms with van der Waals surface area (Å²) < 4.78 is 7.62. The Balaban J connectivity index is 1.61. The number of rotatable bonds is 5. The quantitative estimate of drug-likeness (QED) is 0.687. The molecule has 1 fully saturated rings. The number of hydrogen-bond acceptors (Lipinski definition) is 5. The van der Waals surface area contributed by atoms with E-state index in [-0.39, 0.29) is 0 Å². The molecule has 0 bridgehead atoms. The van der Waals surface area contributed by atoms with E-state index in [1.54, 1.807) is 6.33 Å². The first-order valence-corrected chi connectivity index (χ1v) is 6.09. The highest BCUT2D eigenvalue weighted by Crippen LogP contribution is 2.01. The Bertz CT molecular complexity index is 340. The molecule has 1 saturated heterocycles. The lowest BCUT2D eigenvalue weighted by molar-refractivity contribution is -0.0179. The Labute approximate surface area is 102 Å². The minimum atomic E-state index is 0.313. The van der Waals surface area contributed by atoms with Crippen molar-refractivity contribution in [1.29, 1.82) is 0 Å². The standard InChI is InChI=1S/C11H21N5O/c1-15-5-6-17-10(8-15)7-12-4-3-11-14-13-9-16(11)2/h9-10,12H,3-8H2,1-2H3. The molecule has 6 nitrogen and oxygen atoms in total. The second kappa shape index (κ2) is 6.09. The van der Waals surface area contributed by atoms with Crippen LogP contribution < -0.4 is 5.32 Å². The minimum absolute atomic E-state index is 0.313. The molecule has 0 aromatic carbocycles. The first-order valence-electron chi connectivity index (χ1n) is 6.09. The van der Waals surface area contributed by atoms with E-state index in [0.717, 1.165) is 45.0 Å². The maximum absolute atomic E-state index is 5.67. The highest BCUT2D eigenvalue weighted by molar-refractivity contribution is 4.85. The van der Waals surface area contributed by atoms with Gasteiger partial charge < -0.3 is 19.5 Å². The molecule has 1 unspecified atom stereocenters. The lowest BCUT2D eigenvalue weighted by Crippen LogP contribution is -2.45. The van der Waals surface area contributed by atoms with Crippen molar-refractivity contribution in [2.24, 2.45) is 7.05 Å². The summed E-state index contributed by atoms with van der Waals surface area (Å²) in [4.78, 5) is 2.30. The van der Waals surface area contributed by atoms with Crippen molar-refractivity contribution in [3.8, 4) is 0 Å². The van der Waals surface area contributed by atoms with Gasteiger partial charge in [0.1, 0.15) is 12.2 Å². The number of morpholine rings is 1. The number of hydrogen-bond donors (Lipinski definition) is 1. The normalized spacial score (nSPS) is 21.9. The highest BCUT2D eigenvalue weighted by atomic mass is 16.5. The molecule has 2 rings (SSSR count). The van der Waals surface area contributed by atoms with Gasteiger partial charge in [-0.1, -0.05) is 0 Å². The molecule has 1 N–H and O–H groups in total. The van der Waals surface area contributed by atoms with Crippen LogP contribution in [0.3, 0.4) is 0 Å². The lowest BCUT2D eigenvalue weighted by Gasteiger charge is -2.30. The van der Waals surface area contributed by atoms with Crippen LogP contribution >= 0.6 is 0 Å². The molecule has 1 aliphatic rings. The van der Waals surface area contributed by atoms with Crippen molar-refractivity contribution in [2.45, 2.75) is 12.5 Å². The predicted molar refractivity (Wildman–Crippen MR) is 64.8 cm³/mol. The number of nitrogens with one attached hydrogen (secondary N) is 1. The van der Waals surface area contributed by atoms with Crippen molar-refractivity contribution in [2.75, 3.05) is 39.8 Å². The minimum Gasteiger partial charge on any atom is -0.374 e. The van der Waals surface area contributed by atoms with E-state index >= 15 is 0 Å². The number of nitrogens with zero attached hydrogens (tertiary/aromatic N) is 4. The third kappa shape index (κ3) is 3.76. The number of likely N-dealkylation sites (N-methyl/N-ethyl adjacent to an activating group) is 1. The van der Waals surface area contributed by atoms with E-state index in [1.165, 1.54) is 0 Å². The topological polar surface area (TPSA) is 55.2 Å². The van der Waals surface area contributed by atoms with E-state index in [9.17, 15) is 0 Å². The third-order valence-corrected chi connectivity index (χ3v) is 3.04. The van der Waals surface area contributed by atoms with Gasteiger partial charge in [0.15, 0.2) is 0 Å². The summed E-state index contributed by atoms with van der Waals surface area (Å²) in [5.41, 5.74) is 0. The van der Waals surface area contributed by atoms with Gasteiger partial charge in [-0.25, -0.2) is 0 Å². The summed E-state index contributed by atoms with van der Waals surface area (Å²) in [5, 5.41) is 11.3. The van der Waals surface area contributed by atoms with Gasteiger partial charge in [0.2, 0.25) is 0 Å². The van der Waals surface area contributed by atoms with Crippen LogP contribution in [-0.4, -0.2) is 65.6 Å². The monoisotopic (exact) mass is 239 g/mol. The Morgan fingerprint density at radius 3 is 3.12 bits per heavy atom. The second-order valence-electron chi connectivity index (χ2n) is 4.57. The van der Waals surface area contributed by atoms with Crippen LogP contribution in [-0.2, 0) is 18.2 Å². The average molecular weight is 239 g/mol. The molecule has 2 heterocycles. The highest BCUT2D eigenvalue weighted by Gasteiger charge is 2.16. The van der Waals surface area contributed by atoms with Crippen LogP contribution in [0, 0.1) is 0 Å². The van der Waals surface area contributed by atoms with Crippen molar-refractivity contribution < 1.29 is 4.74 Å². The molecular formula is C11H21N5O. The zero-order chi connectivity index (χ0) is 12.1. The average Bonchev–Trinajstić information content (AvgIpc) is 2.71. The van der Waals surface area contributed by atoms with Gasteiger partial charge in [0, 0.05) is 39.6 Å². The maximum atomic E-state index is 5.67. The molecule has 0 amide bonds. The van der Waals surface area contributed by atoms with Crippen LogP contribution in [0.5, 0.6) is 0 Å². The first kappa shape index (κ1) is 12.5. The molecule has 96 valence electrons. The second-order valence-corrected chi connectivity index (χ2v) is 4.57. The summed E-state index contributed by atoms with van der Waals surface area (Å²) in [6.45, 7) is 4.71. The fraction of sp³-hybridized carbons (Fsp3) is 0.818. The molecule has 17 heavy (non-hydrogen) atoms. The van der Waals surface area contributed by atoms with E-state index in [0.29, 0.717) is 6.10 Å². The zero-order valence-corrected chi connectivity index (χ0v) is 10.6. The molecule has 6 heteroatoms. The molecule has 0 aliphatic carbocycles. The largest absolute Gasteiger partial charge is 0.374 e. The van der Waals surface area contributed by atoms with Crippen LogP contribution in [0.1, 0.15) is 5.82 Å². The number of ether oxygens (including phenoxy) is 1. The molecule has 0 saturated carbocycles. The Morgan fingerprint density at radius 1 is 1.53 bits per heavy atom. The first-order chi connectivity index (χ1) is 8.25. The molecule has 1 atom stereocenters. The number of aryl methyl sites for hydroxylation is 1. The van der Waals surface area contributed by atoms with E-state index in [4.69, 9.17) is 4.74 Å². The smallest absolute Gasteiger partial charge is 0.133 e. The summed E-state index contributed by atoms with van der Waals surface area (Å²) in [7, 11) is 4.10. The van der Waals surface area contributed by atoms with Gasteiger partial charge in [-0.15, -0.1) is 10.2 Å². The van der Waals surface area contributed by atoms with Crippen molar-refractivity contribution in [3.63, 3.8) is 0 Å².